The van der Waals surface area contributed by atoms with Crippen molar-refractivity contribution in [2.75, 3.05) is 6.61 Å². The zero-order chi connectivity index (χ0) is 18.9. The molecule has 0 rings (SSSR count). The molecule has 0 saturated heterocycles. The van der Waals surface area contributed by atoms with Gasteiger partial charge in [-0.15, -0.1) is 6.58 Å². The second-order valence-corrected chi connectivity index (χ2v) is 6.95. The molecule has 0 spiro atoms. The van der Waals surface area contributed by atoms with Crippen LogP contribution in [0.25, 0.3) is 0 Å². The molecular weight excluding hydrogens is 316 g/mol. The molecule has 0 aromatic heterocycles. The van der Waals surface area contributed by atoms with E-state index < -0.39 is 0 Å². The molecule has 4 heteroatoms. The summed E-state index contributed by atoms with van der Waals surface area (Å²) >= 11 is 0. The molecule has 0 bridgehead atoms. The third-order valence-electron chi connectivity index (χ3n) is 4.26. The van der Waals surface area contributed by atoms with Gasteiger partial charge in [0.15, 0.2) is 0 Å². The van der Waals surface area contributed by atoms with Gasteiger partial charge in [-0.1, -0.05) is 52.5 Å². The molecule has 0 heterocycles. The monoisotopic (exact) mass is 354 g/mol. The lowest BCUT2D eigenvalue weighted by Crippen LogP contribution is -2.22. The fraction of sp³-hybridized carbons (Fsp3) is 0.810. The molecule has 0 N–H and O–H groups in total. The first-order valence-corrected chi connectivity index (χ1v) is 9.97. The van der Waals surface area contributed by atoms with Crippen LogP contribution in [0.2, 0.25) is 0 Å². The number of esters is 2. The summed E-state index contributed by atoms with van der Waals surface area (Å²) in [5.74, 6) is -0.111. The van der Waals surface area contributed by atoms with E-state index in [2.05, 4.69) is 6.58 Å². The van der Waals surface area contributed by atoms with Crippen LogP contribution in [-0.4, -0.2) is 24.6 Å². The van der Waals surface area contributed by atoms with Crippen LogP contribution < -0.4 is 0 Å². The van der Waals surface area contributed by atoms with E-state index in [1.807, 2.05) is 26.8 Å². The molecule has 1 unspecified atom stereocenters. The van der Waals surface area contributed by atoms with Crippen molar-refractivity contribution in [3.05, 3.63) is 12.7 Å². The molecule has 0 aliphatic rings. The zero-order valence-electron chi connectivity index (χ0n) is 16.6. The maximum absolute atomic E-state index is 11.7. The van der Waals surface area contributed by atoms with Gasteiger partial charge in [0.2, 0.25) is 0 Å². The van der Waals surface area contributed by atoms with Gasteiger partial charge in [0, 0.05) is 12.8 Å². The Balaban J connectivity index is 3.52. The highest BCUT2D eigenvalue weighted by molar-refractivity contribution is 5.72. The summed E-state index contributed by atoms with van der Waals surface area (Å²) in [5, 5.41) is 0. The minimum absolute atomic E-state index is 0.0313. The van der Waals surface area contributed by atoms with E-state index in [0.717, 1.165) is 25.7 Å². The maximum atomic E-state index is 11.7. The molecule has 4 nitrogen and oxygen atoms in total. The number of carbonyl (C=O) groups excluding carboxylic acids is 2. The van der Waals surface area contributed by atoms with Gasteiger partial charge in [0.05, 0.1) is 6.61 Å². The number of hydrogen-bond acceptors (Lipinski definition) is 4. The number of carbonyl (C=O) groups is 2. The first-order chi connectivity index (χ1) is 12.0. The second-order valence-electron chi connectivity index (χ2n) is 6.95. The van der Waals surface area contributed by atoms with Crippen molar-refractivity contribution in [2.45, 2.75) is 97.5 Å². The molecule has 146 valence electrons. The van der Waals surface area contributed by atoms with Gasteiger partial charge < -0.3 is 9.47 Å². The Morgan fingerprint density at radius 2 is 1.52 bits per heavy atom. The summed E-state index contributed by atoms with van der Waals surface area (Å²) in [6.07, 6.45) is 11.8. The average molecular weight is 355 g/mol. The molecule has 0 aliphatic carbocycles. The summed E-state index contributed by atoms with van der Waals surface area (Å²) in [6.45, 7) is 10.3. The molecule has 25 heavy (non-hydrogen) atoms. The normalized spacial score (nSPS) is 12.0. The van der Waals surface area contributed by atoms with Gasteiger partial charge in [-0.05, 0) is 38.0 Å². The van der Waals surface area contributed by atoms with E-state index in [1.54, 1.807) is 0 Å². The fourth-order valence-corrected chi connectivity index (χ4v) is 2.65. The SMILES string of the molecule is C=CCCCCCCCCOC(=O)CCCC(=O)OC(CC)C(C)C. The highest BCUT2D eigenvalue weighted by Crippen LogP contribution is 2.12. The fourth-order valence-electron chi connectivity index (χ4n) is 2.65. The quantitative estimate of drug-likeness (QED) is 0.206. The second kappa shape index (κ2) is 16.2. The first kappa shape index (κ1) is 23.7. The van der Waals surface area contributed by atoms with Crippen molar-refractivity contribution in [3.63, 3.8) is 0 Å². The summed E-state index contributed by atoms with van der Waals surface area (Å²) < 4.78 is 10.6. The highest BCUT2D eigenvalue weighted by Gasteiger charge is 2.16. The predicted molar refractivity (Wildman–Crippen MR) is 102 cm³/mol. The van der Waals surface area contributed by atoms with Crippen LogP contribution in [0.4, 0.5) is 0 Å². The largest absolute Gasteiger partial charge is 0.466 e. The van der Waals surface area contributed by atoms with Crippen molar-refractivity contribution in [1.29, 1.82) is 0 Å². The van der Waals surface area contributed by atoms with E-state index in [0.29, 0.717) is 18.9 Å². The Kier molecular flexibility index (Phi) is 15.3. The van der Waals surface area contributed by atoms with Gasteiger partial charge >= 0.3 is 11.9 Å². The number of allylic oxidation sites excluding steroid dienone is 1. The van der Waals surface area contributed by atoms with Crippen LogP contribution in [0.15, 0.2) is 12.7 Å². The highest BCUT2D eigenvalue weighted by atomic mass is 16.5. The lowest BCUT2D eigenvalue weighted by atomic mass is 10.1. The van der Waals surface area contributed by atoms with E-state index in [4.69, 9.17) is 9.47 Å². The minimum Gasteiger partial charge on any atom is -0.466 e. The van der Waals surface area contributed by atoms with Gasteiger partial charge in [-0.2, -0.15) is 0 Å². The van der Waals surface area contributed by atoms with E-state index in [1.165, 1.54) is 25.7 Å². The average Bonchev–Trinajstić information content (AvgIpc) is 2.58. The molecule has 1 atom stereocenters. The first-order valence-electron chi connectivity index (χ1n) is 9.97. The Morgan fingerprint density at radius 3 is 2.12 bits per heavy atom. The van der Waals surface area contributed by atoms with Crippen molar-refractivity contribution in [1.82, 2.24) is 0 Å². The Labute approximate surface area is 154 Å². The minimum atomic E-state index is -0.218. The number of rotatable bonds is 16. The lowest BCUT2D eigenvalue weighted by molar-refractivity contribution is -0.151. The third kappa shape index (κ3) is 14.7. The van der Waals surface area contributed by atoms with E-state index >= 15 is 0 Å². The van der Waals surface area contributed by atoms with E-state index in [9.17, 15) is 9.59 Å². The third-order valence-corrected chi connectivity index (χ3v) is 4.26. The lowest BCUT2D eigenvalue weighted by Gasteiger charge is -2.19. The molecule has 0 aliphatic heterocycles. The molecule has 0 amide bonds. The van der Waals surface area contributed by atoms with Crippen LogP contribution in [0.5, 0.6) is 0 Å². The zero-order valence-corrected chi connectivity index (χ0v) is 16.6. The Morgan fingerprint density at radius 1 is 0.920 bits per heavy atom. The predicted octanol–water partition coefficient (Wildman–Crippen LogP) is 5.59. The van der Waals surface area contributed by atoms with Crippen LogP contribution in [-0.2, 0) is 19.1 Å². The molecule has 0 aromatic carbocycles. The van der Waals surface area contributed by atoms with Crippen molar-refractivity contribution >= 4 is 11.9 Å². The van der Waals surface area contributed by atoms with Gasteiger partial charge in [0.1, 0.15) is 6.10 Å². The van der Waals surface area contributed by atoms with Gasteiger partial charge in [-0.3, -0.25) is 9.59 Å². The van der Waals surface area contributed by atoms with Crippen LogP contribution >= 0.6 is 0 Å². The van der Waals surface area contributed by atoms with Crippen LogP contribution in [0.1, 0.15) is 91.4 Å². The van der Waals surface area contributed by atoms with Crippen molar-refractivity contribution < 1.29 is 19.1 Å². The summed E-state index contributed by atoms with van der Waals surface area (Å²) in [4.78, 5) is 23.4. The Hall–Kier alpha value is -1.32. The number of hydrogen-bond donors (Lipinski definition) is 0. The smallest absolute Gasteiger partial charge is 0.306 e. The summed E-state index contributed by atoms with van der Waals surface area (Å²) in [5.41, 5.74) is 0. The van der Waals surface area contributed by atoms with Crippen LogP contribution in [0, 0.1) is 5.92 Å². The van der Waals surface area contributed by atoms with Crippen LogP contribution in [0.3, 0.4) is 0 Å². The molecule has 0 saturated carbocycles. The summed E-state index contributed by atoms with van der Waals surface area (Å²) in [7, 11) is 0. The number of unbranched alkanes of at least 4 members (excludes halogenated alkanes) is 6. The van der Waals surface area contributed by atoms with Crippen molar-refractivity contribution in [3.8, 4) is 0 Å². The van der Waals surface area contributed by atoms with Gasteiger partial charge in [0.25, 0.3) is 0 Å². The van der Waals surface area contributed by atoms with Crippen molar-refractivity contribution in [2.24, 2.45) is 5.92 Å². The maximum Gasteiger partial charge on any atom is 0.306 e. The van der Waals surface area contributed by atoms with Gasteiger partial charge in [-0.25, -0.2) is 0 Å². The van der Waals surface area contributed by atoms with E-state index in [-0.39, 0.29) is 30.9 Å². The molecule has 0 fully saturated rings. The molecule has 0 radical (unpaired) electrons. The molecule has 0 aromatic rings. The summed E-state index contributed by atoms with van der Waals surface area (Å²) in [6, 6.07) is 0. The molecular formula is C21H38O4. The number of ether oxygens (including phenoxy) is 2. The Bertz CT molecular complexity index is 363. The topological polar surface area (TPSA) is 52.6 Å². The standard InChI is InChI=1S/C21H38O4/c1-5-7-8-9-10-11-12-13-17-24-20(22)15-14-16-21(23)25-19(6-2)18(3)4/h5,18-19H,1,6-17H2,2-4H3.